The fraction of sp³-hybridized carbons (Fsp3) is 0.385. The van der Waals surface area contributed by atoms with E-state index in [9.17, 15) is 4.79 Å². The lowest BCUT2D eigenvalue weighted by molar-refractivity contribution is -0.120. The van der Waals surface area contributed by atoms with E-state index in [0.717, 1.165) is 5.56 Å². The van der Waals surface area contributed by atoms with E-state index in [4.69, 9.17) is 0 Å². The van der Waals surface area contributed by atoms with Crippen LogP contribution in [-0.4, -0.2) is 5.78 Å². The fourth-order valence-corrected chi connectivity index (χ4v) is 1.42. The van der Waals surface area contributed by atoms with Crippen molar-refractivity contribution in [3.63, 3.8) is 0 Å². The summed E-state index contributed by atoms with van der Waals surface area (Å²) in [4.78, 5) is 11.7. The van der Waals surface area contributed by atoms with Gasteiger partial charge in [0, 0.05) is 12.3 Å². The Labute approximate surface area is 86.1 Å². The van der Waals surface area contributed by atoms with Gasteiger partial charge >= 0.3 is 0 Å². The Morgan fingerprint density at radius 2 is 1.86 bits per heavy atom. The standard InChI is InChI=1S/C13H17O/c1-10(2)9-13(14)11(3)12-7-5-4-6-8-12/h4-8,10-11H,3,9H2,1-2H3. The summed E-state index contributed by atoms with van der Waals surface area (Å²) in [5, 5.41) is 0. The Morgan fingerprint density at radius 3 is 2.36 bits per heavy atom. The first-order valence-corrected chi connectivity index (χ1v) is 5.02. The second-order valence-electron chi connectivity index (χ2n) is 4.03. The molecule has 1 radical (unpaired) electrons. The molecule has 0 heterocycles. The van der Waals surface area contributed by atoms with Crippen molar-refractivity contribution in [2.45, 2.75) is 26.2 Å². The van der Waals surface area contributed by atoms with E-state index in [-0.39, 0.29) is 11.7 Å². The lowest BCUT2D eigenvalue weighted by Crippen LogP contribution is -2.11. The van der Waals surface area contributed by atoms with Crippen molar-refractivity contribution >= 4 is 5.78 Å². The van der Waals surface area contributed by atoms with Crippen LogP contribution in [0.15, 0.2) is 30.3 Å². The molecule has 0 aliphatic carbocycles. The molecule has 0 aromatic heterocycles. The predicted octanol–water partition coefficient (Wildman–Crippen LogP) is 3.22. The lowest BCUT2D eigenvalue weighted by Gasteiger charge is -2.11. The van der Waals surface area contributed by atoms with Crippen LogP contribution in [0.5, 0.6) is 0 Å². The molecule has 1 nitrogen and oxygen atoms in total. The molecule has 0 N–H and O–H groups in total. The van der Waals surface area contributed by atoms with Crippen LogP contribution >= 0.6 is 0 Å². The van der Waals surface area contributed by atoms with E-state index >= 15 is 0 Å². The van der Waals surface area contributed by atoms with E-state index in [1.54, 1.807) is 0 Å². The topological polar surface area (TPSA) is 17.1 Å². The summed E-state index contributed by atoms with van der Waals surface area (Å²) < 4.78 is 0. The number of Topliss-reactive ketones (excluding diaryl/α,β-unsaturated/α-hetero) is 1. The van der Waals surface area contributed by atoms with E-state index in [0.29, 0.717) is 12.3 Å². The summed E-state index contributed by atoms with van der Waals surface area (Å²) in [5.74, 6) is 0.431. The highest BCUT2D eigenvalue weighted by molar-refractivity contribution is 5.86. The van der Waals surface area contributed by atoms with Crippen molar-refractivity contribution in [3.05, 3.63) is 42.8 Å². The van der Waals surface area contributed by atoms with Crippen LogP contribution in [0.4, 0.5) is 0 Å². The number of carbonyl (C=O) groups excluding carboxylic acids is 1. The van der Waals surface area contributed by atoms with E-state index in [1.165, 1.54) is 0 Å². The molecule has 1 aromatic rings. The molecule has 1 rings (SSSR count). The summed E-state index contributed by atoms with van der Waals surface area (Å²) >= 11 is 0. The monoisotopic (exact) mass is 189 g/mol. The first kappa shape index (κ1) is 11.0. The molecule has 0 saturated heterocycles. The van der Waals surface area contributed by atoms with Gasteiger partial charge in [0.1, 0.15) is 5.78 Å². The highest BCUT2D eigenvalue weighted by Crippen LogP contribution is 2.18. The Morgan fingerprint density at radius 1 is 1.29 bits per heavy atom. The second-order valence-corrected chi connectivity index (χ2v) is 4.03. The van der Waals surface area contributed by atoms with Gasteiger partial charge in [-0.1, -0.05) is 44.2 Å². The van der Waals surface area contributed by atoms with Crippen molar-refractivity contribution in [2.24, 2.45) is 5.92 Å². The summed E-state index contributed by atoms with van der Waals surface area (Å²) in [5.41, 5.74) is 1.01. The van der Waals surface area contributed by atoms with Gasteiger partial charge in [-0.05, 0) is 18.4 Å². The SMILES string of the molecule is [CH2]C(C(=O)CC(C)C)c1ccccc1. The van der Waals surface area contributed by atoms with Crippen LogP contribution in [0.3, 0.4) is 0 Å². The molecule has 0 spiro atoms. The summed E-state index contributed by atoms with van der Waals surface area (Å²) in [6.07, 6.45) is 0.614. The average Bonchev–Trinajstić information content (AvgIpc) is 2.17. The normalized spacial score (nSPS) is 12.9. The quantitative estimate of drug-likeness (QED) is 0.710. The molecular weight excluding hydrogens is 172 g/mol. The average molecular weight is 189 g/mol. The Bertz CT molecular complexity index is 287. The zero-order valence-electron chi connectivity index (χ0n) is 8.86. The van der Waals surface area contributed by atoms with Gasteiger partial charge in [-0.3, -0.25) is 4.79 Å². The molecule has 0 fully saturated rings. The predicted molar refractivity (Wildman–Crippen MR) is 59.0 cm³/mol. The second kappa shape index (κ2) is 4.94. The van der Waals surface area contributed by atoms with E-state index in [2.05, 4.69) is 20.8 Å². The van der Waals surface area contributed by atoms with Crippen molar-refractivity contribution in [2.75, 3.05) is 0 Å². The number of hydrogen-bond acceptors (Lipinski definition) is 1. The third-order valence-electron chi connectivity index (χ3n) is 2.20. The van der Waals surface area contributed by atoms with E-state index < -0.39 is 0 Å². The van der Waals surface area contributed by atoms with Crippen molar-refractivity contribution in [1.29, 1.82) is 0 Å². The van der Waals surface area contributed by atoms with Crippen LogP contribution < -0.4 is 0 Å². The maximum Gasteiger partial charge on any atom is 0.140 e. The van der Waals surface area contributed by atoms with E-state index in [1.807, 2.05) is 30.3 Å². The molecule has 1 atom stereocenters. The van der Waals surface area contributed by atoms with Gasteiger partial charge in [0.05, 0.1) is 0 Å². The number of ketones is 1. The summed E-state index contributed by atoms with van der Waals surface area (Å²) in [6.45, 7) is 8.01. The molecule has 0 saturated carbocycles. The molecule has 75 valence electrons. The third kappa shape index (κ3) is 2.99. The van der Waals surface area contributed by atoms with Crippen LogP contribution in [-0.2, 0) is 4.79 Å². The van der Waals surface area contributed by atoms with Crippen LogP contribution in [0.2, 0.25) is 0 Å². The van der Waals surface area contributed by atoms with Crippen molar-refractivity contribution in [1.82, 2.24) is 0 Å². The maximum atomic E-state index is 11.7. The molecular formula is C13H17O. The van der Waals surface area contributed by atoms with Gasteiger partial charge in [-0.25, -0.2) is 0 Å². The zero-order chi connectivity index (χ0) is 10.6. The molecule has 0 amide bonds. The van der Waals surface area contributed by atoms with Crippen LogP contribution in [0.25, 0.3) is 0 Å². The minimum absolute atomic E-state index is 0.210. The van der Waals surface area contributed by atoms with Gasteiger partial charge in [0.2, 0.25) is 0 Å². The highest BCUT2D eigenvalue weighted by Gasteiger charge is 2.15. The number of benzene rings is 1. The maximum absolute atomic E-state index is 11.7. The Kier molecular flexibility index (Phi) is 3.87. The Hall–Kier alpha value is -1.11. The fourth-order valence-electron chi connectivity index (χ4n) is 1.42. The van der Waals surface area contributed by atoms with Crippen molar-refractivity contribution < 1.29 is 4.79 Å². The zero-order valence-corrected chi connectivity index (χ0v) is 8.86. The number of hydrogen-bond donors (Lipinski definition) is 0. The van der Waals surface area contributed by atoms with Gasteiger partial charge in [0.15, 0.2) is 0 Å². The molecule has 0 aliphatic rings. The largest absolute Gasteiger partial charge is 0.299 e. The lowest BCUT2D eigenvalue weighted by atomic mass is 9.92. The third-order valence-corrected chi connectivity index (χ3v) is 2.20. The number of rotatable bonds is 4. The van der Waals surface area contributed by atoms with Gasteiger partial charge in [-0.15, -0.1) is 0 Å². The molecule has 1 unspecified atom stereocenters. The van der Waals surface area contributed by atoms with Crippen LogP contribution in [0, 0.1) is 12.8 Å². The highest BCUT2D eigenvalue weighted by atomic mass is 16.1. The minimum atomic E-state index is -0.210. The van der Waals surface area contributed by atoms with Crippen LogP contribution in [0.1, 0.15) is 31.7 Å². The van der Waals surface area contributed by atoms with Gasteiger partial charge in [0.25, 0.3) is 0 Å². The minimum Gasteiger partial charge on any atom is -0.299 e. The molecule has 0 bridgehead atoms. The smallest absolute Gasteiger partial charge is 0.140 e. The summed E-state index contributed by atoms with van der Waals surface area (Å²) in [7, 11) is 0. The first-order chi connectivity index (χ1) is 6.61. The first-order valence-electron chi connectivity index (χ1n) is 5.02. The summed E-state index contributed by atoms with van der Waals surface area (Å²) in [6, 6.07) is 9.74. The van der Waals surface area contributed by atoms with Crippen molar-refractivity contribution in [3.8, 4) is 0 Å². The van der Waals surface area contributed by atoms with Gasteiger partial charge < -0.3 is 0 Å². The van der Waals surface area contributed by atoms with Gasteiger partial charge in [-0.2, -0.15) is 0 Å². The molecule has 14 heavy (non-hydrogen) atoms. The molecule has 0 aliphatic heterocycles. The molecule has 1 aromatic carbocycles. The molecule has 1 heteroatoms. The number of carbonyl (C=O) groups is 1. The Balaban J connectivity index is 2.66.